The standard InChI is InChI=1S/C26H34O4/c1-5-15-28-23-14-10-13-22(26(23)30-17-7-3)25(27)24(29-16-6-2)19-21-12-9-11-20(8-4)18-21/h9-14,18-19H,5-8,15-17H2,1-4H3. The van der Waals surface area contributed by atoms with Crippen LogP contribution in [-0.4, -0.2) is 25.6 Å². The molecule has 0 saturated carbocycles. The molecule has 162 valence electrons. The normalized spacial score (nSPS) is 11.3. The van der Waals surface area contributed by atoms with Gasteiger partial charge in [0, 0.05) is 0 Å². The van der Waals surface area contributed by atoms with Gasteiger partial charge in [-0.15, -0.1) is 0 Å². The van der Waals surface area contributed by atoms with Gasteiger partial charge in [0.2, 0.25) is 5.78 Å². The molecule has 0 aromatic heterocycles. The molecule has 0 aliphatic rings. The van der Waals surface area contributed by atoms with Crippen LogP contribution in [0.15, 0.2) is 48.2 Å². The van der Waals surface area contributed by atoms with E-state index in [0.29, 0.717) is 42.6 Å². The van der Waals surface area contributed by atoms with Crippen molar-refractivity contribution in [1.29, 1.82) is 0 Å². The number of carbonyl (C=O) groups is 1. The summed E-state index contributed by atoms with van der Waals surface area (Å²) in [6, 6.07) is 13.6. The lowest BCUT2D eigenvalue weighted by atomic mass is 10.0. The van der Waals surface area contributed by atoms with Gasteiger partial charge in [-0.1, -0.05) is 58.0 Å². The quantitative estimate of drug-likeness (QED) is 0.215. The fourth-order valence-electron chi connectivity index (χ4n) is 2.95. The van der Waals surface area contributed by atoms with Crippen molar-refractivity contribution in [2.75, 3.05) is 19.8 Å². The van der Waals surface area contributed by atoms with Crippen LogP contribution in [-0.2, 0) is 11.2 Å². The number of hydrogen-bond donors (Lipinski definition) is 0. The van der Waals surface area contributed by atoms with Crippen LogP contribution in [0.4, 0.5) is 0 Å². The molecular weight excluding hydrogens is 376 g/mol. The maximum Gasteiger partial charge on any atom is 0.231 e. The van der Waals surface area contributed by atoms with E-state index < -0.39 is 0 Å². The van der Waals surface area contributed by atoms with Crippen LogP contribution in [0.5, 0.6) is 11.5 Å². The Hall–Kier alpha value is -2.75. The molecule has 0 saturated heterocycles. The zero-order valence-corrected chi connectivity index (χ0v) is 18.7. The largest absolute Gasteiger partial charge is 0.490 e. The van der Waals surface area contributed by atoms with Gasteiger partial charge in [-0.2, -0.15) is 0 Å². The van der Waals surface area contributed by atoms with Gasteiger partial charge in [-0.3, -0.25) is 4.79 Å². The predicted octanol–water partition coefficient (Wildman–Crippen LogP) is 6.48. The fraction of sp³-hybridized carbons (Fsp3) is 0.423. The molecule has 0 atom stereocenters. The van der Waals surface area contributed by atoms with Gasteiger partial charge < -0.3 is 14.2 Å². The maximum atomic E-state index is 13.5. The molecule has 0 aliphatic carbocycles. The first-order valence-corrected chi connectivity index (χ1v) is 11.0. The highest BCUT2D eigenvalue weighted by Gasteiger charge is 2.22. The lowest BCUT2D eigenvalue weighted by Crippen LogP contribution is -2.12. The van der Waals surface area contributed by atoms with Gasteiger partial charge in [0.25, 0.3) is 0 Å². The average molecular weight is 411 g/mol. The van der Waals surface area contributed by atoms with E-state index in [4.69, 9.17) is 14.2 Å². The average Bonchev–Trinajstić information content (AvgIpc) is 2.78. The van der Waals surface area contributed by atoms with Crippen LogP contribution in [0.3, 0.4) is 0 Å². The highest BCUT2D eigenvalue weighted by Crippen LogP contribution is 2.34. The Morgan fingerprint density at radius 3 is 2.27 bits per heavy atom. The Labute approximate surface area is 180 Å². The summed E-state index contributed by atoms with van der Waals surface area (Å²) in [6.45, 7) is 9.77. The summed E-state index contributed by atoms with van der Waals surface area (Å²) in [5.41, 5.74) is 2.63. The number of para-hydroxylation sites is 1. The van der Waals surface area contributed by atoms with Crippen LogP contribution in [0, 0.1) is 0 Å². The van der Waals surface area contributed by atoms with Crippen molar-refractivity contribution >= 4 is 11.9 Å². The van der Waals surface area contributed by atoms with Crippen molar-refractivity contribution in [2.45, 2.75) is 53.4 Å². The summed E-state index contributed by atoms with van der Waals surface area (Å²) < 4.78 is 17.7. The van der Waals surface area contributed by atoms with Gasteiger partial charge >= 0.3 is 0 Å². The van der Waals surface area contributed by atoms with Crippen molar-refractivity contribution < 1.29 is 19.0 Å². The molecule has 0 spiro atoms. The number of benzene rings is 2. The fourth-order valence-corrected chi connectivity index (χ4v) is 2.95. The summed E-state index contributed by atoms with van der Waals surface area (Å²) >= 11 is 0. The maximum absolute atomic E-state index is 13.5. The summed E-state index contributed by atoms with van der Waals surface area (Å²) in [4.78, 5) is 13.5. The van der Waals surface area contributed by atoms with Gasteiger partial charge in [0.1, 0.15) is 0 Å². The molecule has 30 heavy (non-hydrogen) atoms. The second-order valence-electron chi connectivity index (χ2n) is 7.11. The monoisotopic (exact) mass is 410 g/mol. The van der Waals surface area contributed by atoms with Crippen LogP contribution >= 0.6 is 0 Å². The van der Waals surface area contributed by atoms with Gasteiger partial charge in [0.05, 0.1) is 25.4 Å². The van der Waals surface area contributed by atoms with Crippen LogP contribution in [0.1, 0.15) is 68.4 Å². The van der Waals surface area contributed by atoms with Gasteiger partial charge in [-0.25, -0.2) is 0 Å². The van der Waals surface area contributed by atoms with Crippen molar-refractivity contribution in [3.63, 3.8) is 0 Å². The lowest BCUT2D eigenvalue weighted by molar-refractivity contribution is 0.0918. The molecule has 0 radical (unpaired) electrons. The number of ether oxygens (including phenoxy) is 3. The highest BCUT2D eigenvalue weighted by atomic mass is 16.5. The number of allylic oxidation sites excluding steroid dienone is 1. The molecule has 0 bridgehead atoms. The Kier molecular flexibility index (Phi) is 9.99. The predicted molar refractivity (Wildman–Crippen MR) is 122 cm³/mol. The molecule has 4 heteroatoms. The van der Waals surface area contributed by atoms with Crippen molar-refractivity contribution in [3.05, 3.63) is 64.9 Å². The Bertz CT molecular complexity index is 839. The third kappa shape index (κ3) is 6.65. The minimum Gasteiger partial charge on any atom is -0.490 e. The van der Waals surface area contributed by atoms with E-state index in [2.05, 4.69) is 19.1 Å². The zero-order chi connectivity index (χ0) is 21.8. The second kappa shape index (κ2) is 12.7. The smallest absolute Gasteiger partial charge is 0.231 e. The SMILES string of the molecule is CCCOC(=Cc1cccc(CC)c1)C(=O)c1cccc(OCCC)c1OCCC. The Morgan fingerprint density at radius 1 is 0.867 bits per heavy atom. The van der Waals surface area contributed by atoms with E-state index in [1.165, 1.54) is 5.56 Å². The number of carbonyl (C=O) groups excluding carboxylic acids is 1. The minimum atomic E-state index is -0.196. The molecule has 0 aliphatic heterocycles. The first-order valence-electron chi connectivity index (χ1n) is 11.0. The Balaban J connectivity index is 2.46. The van der Waals surface area contributed by atoms with E-state index in [-0.39, 0.29) is 5.78 Å². The van der Waals surface area contributed by atoms with Gasteiger partial charge in [0.15, 0.2) is 17.3 Å². The van der Waals surface area contributed by atoms with Crippen molar-refractivity contribution in [2.24, 2.45) is 0 Å². The van der Waals surface area contributed by atoms with Crippen LogP contribution in [0.2, 0.25) is 0 Å². The highest BCUT2D eigenvalue weighted by molar-refractivity contribution is 6.12. The molecule has 2 rings (SSSR count). The van der Waals surface area contributed by atoms with Gasteiger partial charge in [-0.05, 0) is 55.0 Å². The number of Topliss-reactive ketones (excluding diaryl/α,β-unsaturated/α-hetero) is 1. The molecule has 0 N–H and O–H groups in total. The summed E-state index contributed by atoms with van der Waals surface area (Å²) in [5, 5.41) is 0. The molecule has 4 nitrogen and oxygen atoms in total. The van der Waals surface area contributed by atoms with E-state index in [9.17, 15) is 4.79 Å². The molecule has 0 fully saturated rings. The topological polar surface area (TPSA) is 44.8 Å². The van der Waals surface area contributed by atoms with Crippen LogP contribution in [0.25, 0.3) is 6.08 Å². The number of hydrogen-bond acceptors (Lipinski definition) is 4. The third-order valence-electron chi connectivity index (χ3n) is 4.48. The molecule has 0 amide bonds. The van der Waals surface area contributed by atoms with E-state index in [0.717, 1.165) is 31.2 Å². The molecule has 0 heterocycles. The summed E-state index contributed by atoms with van der Waals surface area (Å²) in [6.07, 6.45) is 5.30. The van der Waals surface area contributed by atoms with E-state index >= 15 is 0 Å². The van der Waals surface area contributed by atoms with E-state index in [1.54, 1.807) is 6.07 Å². The summed E-state index contributed by atoms with van der Waals surface area (Å²) in [5.74, 6) is 1.21. The summed E-state index contributed by atoms with van der Waals surface area (Å²) in [7, 11) is 0. The lowest BCUT2D eigenvalue weighted by Gasteiger charge is -2.17. The van der Waals surface area contributed by atoms with Crippen molar-refractivity contribution in [1.82, 2.24) is 0 Å². The first-order chi connectivity index (χ1) is 14.6. The van der Waals surface area contributed by atoms with Crippen molar-refractivity contribution in [3.8, 4) is 11.5 Å². The molecule has 0 unspecified atom stereocenters. The Morgan fingerprint density at radius 2 is 1.57 bits per heavy atom. The zero-order valence-electron chi connectivity index (χ0n) is 18.7. The second-order valence-corrected chi connectivity index (χ2v) is 7.11. The number of aryl methyl sites for hydroxylation is 1. The first kappa shape index (κ1) is 23.5. The van der Waals surface area contributed by atoms with E-state index in [1.807, 2.05) is 51.1 Å². The molecule has 2 aromatic rings. The minimum absolute atomic E-state index is 0.196. The molecular formula is C26H34O4. The number of ketones is 1. The number of rotatable bonds is 13. The third-order valence-corrected chi connectivity index (χ3v) is 4.48. The molecule has 2 aromatic carbocycles. The van der Waals surface area contributed by atoms with Crippen LogP contribution < -0.4 is 9.47 Å².